The van der Waals surface area contributed by atoms with E-state index in [0.29, 0.717) is 28.3 Å². The van der Waals surface area contributed by atoms with Gasteiger partial charge >= 0.3 is 6.18 Å². The van der Waals surface area contributed by atoms with Crippen molar-refractivity contribution >= 4 is 27.5 Å². The Morgan fingerprint density at radius 1 is 0.769 bits per heavy atom. The second-order valence-corrected chi connectivity index (χ2v) is 11.2. The third-order valence-corrected chi connectivity index (χ3v) is 7.98. The third-order valence-electron chi connectivity index (χ3n) is 5.94. The quantitative estimate of drug-likeness (QED) is 0.243. The standard InChI is InChI=1S/C29H24ClF3N2O3S/c30-26-8-4-7-23(17-26)20-35(39(37,38)27-15-13-25(14-16-27)29(31,32)33)19-22-9-11-24(12-10-22)28(36)34-18-21-5-2-1-3-6-21/h1-17H,18-20H2,(H,34,36). The smallest absolute Gasteiger partial charge is 0.348 e. The van der Waals surface area contributed by atoms with Crippen LogP contribution in [0.15, 0.2) is 108 Å². The van der Waals surface area contributed by atoms with Gasteiger partial charge in [0.05, 0.1) is 10.5 Å². The fourth-order valence-electron chi connectivity index (χ4n) is 3.88. The van der Waals surface area contributed by atoms with Gasteiger partial charge in [-0.2, -0.15) is 17.5 Å². The number of alkyl halides is 3. The maximum absolute atomic E-state index is 13.5. The van der Waals surface area contributed by atoms with Crippen molar-refractivity contribution in [3.8, 4) is 0 Å². The number of carbonyl (C=O) groups excluding carboxylic acids is 1. The zero-order valence-corrected chi connectivity index (χ0v) is 22.1. The summed E-state index contributed by atoms with van der Waals surface area (Å²) in [7, 11) is -4.19. The molecule has 0 aliphatic heterocycles. The number of sulfonamides is 1. The number of carbonyl (C=O) groups is 1. The minimum atomic E-state index is -4.59. The fourth-order valence-corrected chi connectivity index (χ4v) is 5.50. The molecule has 39 heavy (non-hydrogen) atoms. The van der Waals surface area contributed by atoms with Crippen LogP contribution in [-0.4, -0.2) is 18.6 Å². The van der Waals surface area contributed by atoms with Crippen LogP contribution in [0.4, 0.5) is 13.2 Å². The van der Waals surface area contributed by atoms with Crippen LogP contribution < -0.4 is 5.32 Å². The van der Waals surface area contributed by atoms with E-state index in [1.165, 1.54) is 0 Å². The molecule has 0 saturated heterocycles. The van der Waals surface area contributed by atoms with Crippen molar-refractivity contribution in [1.29, 1.82) is 0 Å². The molecule has 4 rings (SSSR count). The summed E-state index contributed by atoms with van der Waals surface area (Å²) in [6.07, 6.45) is -4.59. The Hall–Kier alpha value is -3.66. The number of hydrogen-bond donors (Lipinski definition) is 1. The van der Waals surface area contributed by atoms with Crippen LogP contribution in [0, 0.1) is 0 Å². The Morgan fingerprint density at radius 3 is 2.00 bits per heavy atom. The summed E-state index contributed by atoms with van der Waals surface area (Å²) in [6, 6.07) is 26.0. The molecule has 0 saturated carbocycles. The molecule has 5 nitrogen and oxygen atoms in total. The van der Waals surface area contributed by atoms with Gasteiger partial charge in [-0.15, -0.1) is 0 Å². The minimum absolute atomic E-state index is 0.0662. The van der Waals surface area contributed by atoms with Crippen LogP contribution in [-0.2, 0) is 35.8 Å². The second kappa shape index (κ2) is 12.0. The van der Waals surface area contributed by atoms with Crippen molar-refractivity contribution in [1.82, 2.24) is 9.62 Å². The van der Waals surface area contributed by atoms with Crippen molar-refractivity contribution < 1.29 is 26.4 Å². The lowest BCUT2D eigenvalue weighted by Gasteiger charge is -2.23. The molecule has 0 spiro atoms. The van der Waals surface area contributed by atoms with Crippen LogP contribution in [0.1, 0.15) is 32.6 Å². The number of amides is 1. The SMILES string of the molecule is O=C(NCc1ccccc1)c1ccc(CN(Cc2cccc(Cl)c2)S(=O)(=O)c2ccc(C(F)(F)F)cc2)cc1. The lowest BCUT2D eigenvalue weighted by atomic mass is 10.1. The molecule has 0 aliphatic rings. The molecule has 0 aliphatic carbocycles. The van der Waals surface area contributed by atoms with Gasteiger partial charge in [0.1, 0.15) is 0 Å². The first-order chi connectivity index (χ1) is 18.5. The van der Waals surface area contributed by atoms with E-state index in [9.17, 15) is 26.4 Å². The van der Waals surface area contributed by atoms with Crippen molar-refractivity contribution in [3.05, 3.63) is 136 Å². The number of benzene rings is 4. The molecule has 4 aromatic rings. The Kier molecular flexibility index (Phi) is 8.74. The average Bonchev–Trinajstić information content (AvgIpc) is 2.92. The monoisotopic (exact) mass is 572 g/mol. The molecule has 4 aromatic carbocycles. The molecule has 0 heterocycles. The first-order valence-corrected chi connectivity index (χ1v) is 13.7. The minimum Gasteiger partial charge on any atom is -0.348 e. The van der Waals surface area contributed by atoms with Crippen LogP contribution in [0.3, 0.4) is 0 Å². The highest BCUT2D eigenvalue weighted by Crippen LogP contribution is 2.31. The van der Waals surface area contributed by atoms with E-state index in [2.05, 4.69) is 5.32 Å². The van der Waals surface area contributed by atoms with E-state index in [1.54, 1.807) is 48.5 Å². The molecule has 202 valence electrons. The van der Waals surface area contributed by atoms with Gasteiger partial charge < -0.3 is 5.32 Å². The van der Waals surface area contributed by atoms with Crippen LogP contribution in [0.5, 0.6) is 0 Å². The Balaban J connectivity index is 1.55. The van der Waals surface area contributed by atoms with E-state index in [0.717, 1.165) is 34.1 Å². The summed E-state index contributed by atoms with van der Waals surface area (Å²) in [6.45, 7) is 0.214. The maximum Gasteiger partial charge on any atom is 0.416 e. The highest BCUT2D eigenvalue weighted by Gasteiger charge is 2.32. The van der Waals surface area contributed by atoms with Gasteiger partial charge in [0.2, 0.25) is 10.0 Å². The van der Waals surface area contributed by atoms with Gasteiger partial charge in [-0.25, -0.2) is 8.42 Å². The predicted molar refractivity (Wildman–Crippen MR) is 143 cm³/mol. The van der Waals surface area contributed by atoms with Gasteiger partial charge in [0.25, 0.3) is 5.91 Å². The summed E-state index contributed by atoms with van der Waals surface area (Å²) in [4.78, 5) is 12.3. The normalized spacial score (nSPS) is 11.9. The van der Waals surface area contributed by atoms with Crippen molar-refractivity contribution in [2.45, 2.75) is 30.7 Å². The van der Waals surface area contributed by atoms with E-state index in [4.69, 9.17) is 11.6 Å². The summed E-state index contributed by atoms with van der Waals surface area (Å²) >= 11 is 6.08. The predicted octanol–water partition coefficient (Wildman–Crippen LogP) is 6.68. The van der Waals surface area contributed by atoms with Crippen LogP contribution >= 0.6 is 11.6 Å². The van der Waals surface area contributed by atoms with Crippen LogP contribution in [0.2, 0.25) is 5.02 Å². The van der Waals surface area contributed by atoms with Gasteiger partial charge in [-0.1, -0.05) is 66.2 Å². The van der Waals surface area contributed by atoms with Gasteiger partial charge in [-0.05, 0) is 65.2 Å². The van der Waals surface area contributed by atoms with Crippen molar-refractivity contribution in [3.63, 3.8) is 0 Å². The fraction of sp³-hybridized carbons (Fsp3) is 0.138. The molecule has 0 radical (unpaired) electrons. The zero-order valence-electron chi connectivity index (χ0n) is 20.5. The number of nitrogens with one attached hydrogen (secondary N) is 1. The summed E-state index contributed by atoms with van der Waals surface area (Å²) in [5.41, 5.74) is 1.61. The molecule has 0 atom stereocenters. The highest BCUT2D eigenvalue weighted by atomic mass is 35.5. The van der Waals surface area contributed by atoms with E-state index < -0.39 is 21.8 Å². The Bertz CT molecular complexity index is 1530. The number of rotatable bonds is 9. The molecular formula is C29H24ClF3N2O3S. The molecule has 0 aromatic heterocycles. The topological polar surface area (TPSA) is 66.5 Å². The van der Waals surface area contributed by atoms with Crippen molar-refractivity contribution in [2.75, 3.05) is 0 Å². The third kappa shape index (κ3) is 7.47. The zero-order chi connectivity index (χ0) is 28.0. The molecule has 0 bridgehead atoms. The van der Waals surface area contributed by atoms with Gasteiger partial charge in [-0.3, -0.25) is 4.79 Å². The Morgan fingerprint density at radius 2 is 1.38 bits per heavy atom. The van der Waals surface area contributed by atoms with Gasteiger partial charge in [0.15, 0.2) is 0 Å². The lowest BCUT2D eigenvalue weighted by Crippen LogP contribution is -2.30. The number of hydrogen-bond acceptors (Lipinski definition) is 3. The van der Waals surface area contributed by atoms with E-state index in [-0.39, 0.29) is 23.9 Å². The average molecular weight is 573 g/mol. The van der Waals surface area contributed by atoms with Crippen LogP contribution in [0.25, 0.3) is 0 Å². The molecule has 0 fully saturated rings. The van der Waals surface area contributed by atoms with Gasteiger partial charge in [0, 0.05) is 30.2 Å². The van der Waals surface area contributed by atoms with Crippen molar-refractivity contribution in [2.24, 2.45) is 0 Å². The van der Waals surface area contributed by atoms with E-state index in [1.807, 2.05) is 30.3 Å². The highest BCUT2D eigenvalue weighted by molar-refractivity contribution is 7.89. The summed E-state index contributed by atoms with van der Waals surface area (Å²) < 4.78 is 67.3. The molecule has 10 heteroatoms. The first kappa shape index (κ1) is 28.4. The maximum atomic E-state index is 13.5. The summed E-state index contributed by atoms with van der Waals surface area (Å²) in [5, 5.41) is 3.26. The number of halogens is 4. The molecular weight excluding hydrogens is 549 g/mol. The molecule has 0 unspecified atom stereocenters. The first-order valence-electron chi connectivity index (χ1n) is 11.9. The largest absolute Gasteiger partial charge is 0.416 e. The Labute approximate surface area is 229 Å². The number of nitrogens with zero attached hydrogens (tertiary/aromatic N) is 1. The van der Waals surface area contributed by atoms with E-state index >= 15 is 0 Å². The molecule has 1 N–H and O–H groups in total. The molecule has 1 amide bonds. The summed E-state index contributed by atoms with van der Waals surface area (Å²) in [5.74, 6) is -0.279. The second-order valence-electron chi connectivity index (χ2n) is 8.79. The lowest BCUT2D eigenvalue weighted by molar-refractivity contribution is -0.137.